The molecule has 39 heavy (non-hydrogen) atoms. The van der Waals surface area contributed by atoms with E-state index in [1.54, 1.807) is 0 Å². The van der Waals surface area contributed by atoms with Crippen LogP contribution in [0.3, 0.4) is 0 Å². The molecule has 0 radical (unpaired) electrons. The van der Waals surface area contributed by atoms with Crippen molar-refractivity contribution in [3.63, 3.8) is 0 Å². The van der Waals surface area contributed by atoms with Crippen LogP contribution in [0.1, 0.15) is 56.2 Å². The van der Waals surface area contributed by atoms with Gasteiger partial charge in [-0.2, -0.15) is 0 Å². The van der Waals surface area contributed by atoms with Crippen molar-refractivity contribution in [2.24, 2.45) is 11.8 Å². The lowest BCUT2D eigenvalue weighted by Gasteiger charge is -2.36. The van der Waals surface area contributed by atoms with Crippen LogP contribution in [0.25, 0.3) is 10.8 Å². The fraction of sp³-hybridized carbons (Fsp3) is 0.353. The van der Waals surface area contributed by atoms with Crippen LogP contribution in [-0.4, -0.2) is 29.1 Å². The third kappa shape index (κ3) is 6.66. The number of fused-ring (bicyclic) bond motifs is 1. The Labute approximate surface area is 231 Å². The van der Waals surface area contributed by atoms with Crippen molar-refractivity contribution < 1.29 is 14.7 Å². The lowest BCUT2D eigenvalue weighted by molar-refractivity contribution is -0.141. The average molecular weight is 523 g/mol. The maximum Gasteiger partial charge on any atom is 0.326 e. The molecular weight excluding hydrogens is 484 g/mol. The van der Waals surface area contributed by atoms with Crippen LogP contribution in [-0.2, 0) is 16.0 Å². The maximum absolute atomic E-state index is 12.9. The Morgan fingerprint density at radius 3 is 2.51 bits per heavy atom. The van der Waals surface area contributed by atoms with Gasteiger partial charge >= 0.3 is 5.97 Å². The van der Waals surface area contributed by atoms with E-state index in [0.29, 0.717) is 23.5 Å². The molecule has 1 unspecified atom stereocenters. The molecule has 202 valence electrons. The molecule has 1 saturated carbocycles. The van der Waals surface area contributed by atoms with Crippen molar-refractivity contribution in [3.8, 4) is 0 Å². The predicted molar refractivity (Wildman–Crippen MR) is 156 cm³/mol. The molecule has 2 aliphatic carbocycles. The highest BCUT2D eigenvalue weighted by atomic mass is 16.4. The first-order valence-electron chi connectivity index (χ1n) is 14.2. The van der Waals surface area contributed by atoms with Crippen LogP contribution in [0.4, 0.5) is 0 Å². The van der Waals surface area contributed by atoms with E-state index >= 15 is 0 Å². The van der Waals surface area contributed by atoms with E-state index in [1.165, 1.54) is 35.6 Å². The molecule has 0 heterocycles. The minimum atomic E-state index is -1.02. The van der Waals surface area contributed by atoms with Gasteiger partial charge in [-0.3, -0.25) is 4.79 Å². The van der Waals surface area contributed by atoms with Crippen LogP contribution >= 0.6 is 0 Å². The van der Waals surface area contributed by atoms with Gasteiger partial charge in [-0.05, 0) is 66.3 Å². The van der Waals surface area contributed by atoms with Crippen LogP contribution in [0.5, 0.6) is 0 Å². The van der Waals surface area contributed by atoms with E-state index < -0.39 is 12.0 Å². The third-order valence-corrected chi connectivity index (χ3v) is 8.38. The Bertz CT molecular complexity index is 1360. The topological polar surface area (TPSA) is 78.4 Å². The first kappa shape index (κ1) is 26.9. The second-order valence-electron chi connectivity index (χ2n) is 11.1. The van der Waals surface area contributed by atoms with Crippen molar-refractivity contribution in [1.82, 2.24) is 10.6 Å². The van der Waals surface area contributed by atoms with Gasteiger partial charge in [-0.1, -0.05) is 97.4 Å². The summed E-state index contributed by atoms with van der Waals surface area (Å²) in [5, 5.41) is 18.9. The minimum absolute atomic E-state index is 0.259. The first-order valence-corrected chi connectivity index (χ1v) is 14.2. The zero-order chi connectivity index (χ0) is 27.2. The normalized spacial score (nSPS) is 22.6. The number of aliphatic carboxylic acids is 1. The van der Waals surface area contributed by atoms with E-state index in [9.17, 15) is 14.7 Å². The lowest BCUT2D eigenvalue weighted by atomic mass is 9.74. The Morgan fingerprint density at radius 1 is 0.974 bits per heavy atom. The zero-order valence-electron chi connectivity index (χ0n) is 22.6. The molecule has 5 atom stereocenters. The van der Waals surface area contributed by atoms with Gasteiger partial charge in [-0.15, -0.1) is 0 Å². The molecule has 1 amide bonds. The summed E-state index contributed by atoms with van der Waals surface area (Å²) in [5.74, 6) is -0.374. The largest absolute Gasteiger partial charge is 0.480 e. The number of benzene rings is 3. The molecule has 0 aromatic heterocycles. The van der Waals surface area contributed by atoms with Crippen LogP contribution in [0.15, 0.2) is 96.6 Å². The molecule has 5 heteroatoms. The summed E-state index contributed by atoms with van der Waals surface area (Å²) in [4.78, 5) is 24.7. The van der Waals surface area contributed by atoms with E-state index in [-0.39, 0.29) is 18.4 Å². The van der Waals surface area contributed by atoms with Gasteiger partial charge in [0.05, 0.1) is 0 Å². The Balaban J connectivity index is 1.16. The molecule has 0 aliphatic heterocycles. The van der Waals surface area contributed by atoms with Crippen LogP contribution in [0.2, 0.25) is 0 Å². The molecule has 3 aromatic rings. The molecular formula is C34H38N2O3. The summed E-state index contributed by atoms with van der Waals surface area (Å²) in [5.41, 5.74) is 2.78. The number of carboxylic acid groups (broad SMARTS) is 1. The second-order valence-corrected chi connectivity index (χ2v) is 11.1. The average Bonchev–Trinajstić information content (AvgIpc) is 2.97. The van der Waals surface area contributed by atoms with Crippen molar-refractivity contribution in [2.75, 3.05) is 0 Å². The van der Waals surface area contributed by atoms with E-state index in [0.717, 1.165) is 18.4 Å². The maximum atomic E-state index is 12.9. The molecule has 0 bridgehead atoms. The van der Waals surface area contributed by atoms with Crippen molar-refractivity contribution in [3.05, 3.63) is 108 Å². The molecule has 3 N–H and O–H groups in total. The number of rotatable bonds is 9. The molecule has 0 saturated heterocycles. The Morgan fingerprint density at radius 2 is 1.74 bits per heavy atom. The predicted octanol–water partition coefficient (Wildman–Crippen LogP) is 6.36. The number of hydrogen-bond donors (Lipinski definition) is 3. The van der Waals surface area contributed by atoms with Gasteiger partial charge in [-0.25, -0.2) is 4.79 Å². The number of hydrogen-bond acceptors (Lipinski definition) is 3. The summed E-state index contributed by atoms with van der Waals surface area (Å²) < 4.78 is 0. The molecule has 0 spiro atoms. The van der Waals surface area contributed by atoms with Crippen molar-refractivity contribution >= 4 is 22.6 Å². The quantitative estimate of drug-likeness (QED) is 0.305. The molecule has 3 aromatic carbocycles. The van der Waals surface area contributed by atoms with Gasteiger partial charge in [0.1, 0.15) is 6.04 Å². The van der Waals surface area contributed by atoms with Gasteiger partial charge in [0.15, 0.2) is 0 Å². The van der Waals surface area contributed by atoms with Crippen LogP contribution < -0.4 is 10.6 Å². The monoisotopic (exact) mass is 522 g/mol. The SMILES string of the molecule is C[C@@H](N[C@H]1CCC[C@H](C2C=CC(C(=O)N[C@H](Cc3ccccc3)C(=O)O)=CC2)C1)c1cccc2ccccc12. The molecule has 5 nitrogen and oxygen atoms in total. The number of allylic oxidation sites excluding steroid dienone is 2. The number of carboxylic acids is 1. The summed E-state index contributed by atoms with van der Waals surface area (Å²) >= 11 is 0. The highest BCUT2D eigenvalue weighted by Gasteiger charge is 2.30. The van der Waals surface area contributed by atoms with E-state index in [2.05, 4.69) is 66.1 Å². The van der Waals surface area contributed by atoms with Crippen LogP contribution in [0, 0.1) is 11.8 Å². The molecule has 5 rings (SSSR count). The summed E-state index contributed by atoms with van der Waals surface area (Å²) in [6.07, 6.45) is 11.8. The van der Waals surface area contributed by atoms with Gasteiger partial charge < -0.3 is 15.7 Å². The van der Waals surface area contributed by atoms with Gasteiger partial charge in [0, 0.05) is 24.1 Å². The fourth-order valence-corrected chi connectivity index (χ4v) is 6.29. The zero-order valence-corrected chi connectivity index (χ0v) is 22.6. The number of carbonyl (C=O) groups excluding carboxylic acids is 1. The number of amides is 1. The summed E-state index contributed by atoms with van der Waals surface area (Å²) in [7, 11) is 0. The highest BCUT2D eigenvalue weighted by Crippen LogP contribution is 2.36. The molecule has 1 fully saturated rings. The van der Waals surface area contributed by atoms with Crippen molar-refractivity contribution in [2.45, 2.75) is 63.6 Å². The number of nitrogens with one attached hydrogen (secondary N) is 2. The highest BCUT2D eigenvalue weighted by molar-refractivity contribution is 5.98. The fourth-order valence-electron chi connectivity index (χ4n) is 6.29. The first-order chi connectivity index (χ1) is 19.0. The van der Waals surface area contributed by atoms with Crippen molar-refractivity contribution in [1.29, 1.82) is 0 Å². The minimum Gasteiger partial charge on any atom is -0.480 e. The Hall–Kier alpha value is -3.70. The smallest absolute Gasteiger partial charge is 0.326 e. The molecule has 2 aliphatic rings. The Kier molecular flexibility index (Phi) is 8.58. The van der Waals surface area contributed by atoms with E-state index in [1.807, 2.05) is 42.5 Å². The van der Waals surface area contributed by atoms with E-state index in [4.69, 9.17) is 0 Å². The number of carbonyl (C=O) groups is 2. The summed E-state index contributed by atoms with van der Waals surface area (Å²) in [6.45, 7) is 2.27. The third-order valence-electron chi connectivity index (χ3n) is 8.38. The van der Waals surface area contributed by atoms with Gasteiger partial charge in [0.25, 0.3) is 5.91 Å². The standard InChI is InChI=1S/C34H38N2O3/c1-23(30-16-8-12-26-11-5-6-15-31(26)30)35-29-14-7-13-28(22-29)25-17-19-27(20-18-25)33(37)36-32(34(38)39)21-24-9-3-2-4-10-24/h2-6,8-12,15-17,19-20,23,25,28-29,32,35H,7,13-14,18,21-22H2,1H3,(H,36,37)(H,38,39)/t23-,25?,28+,29+,32-/m1/s1. The second kappa shape index (κ2) is 12.4. The lowest BCUT2D eigenvalue weighted by Crippen LogP contribution is -2.43. The van der Waals surface area contributed by atoms with Gasteiger partial charge in [0.2, 0.25) is 0 Å². The summed E-state index contributed by atoms with van der Waals surface area (Å²) in [6, 6.07) is 24.3.